The van der Waals surface area contributed by atoms with E-state index in [9.17, 15) is 9.18 Å². The molecule has 2 heterocycles. The Morgan fingerprint density at radius 1 is 1.39 bits per heavy atom. The van der Waals surface area contributed by atoms with Crippen molar-refractivity contribution in [1.82, 2.24) is 9.97 Å². The van der Waals surface area contributed by atoms with Gasteiger partial charge in [-0.05, 0) is 30.7 Å². The Bertz CT molecular complexity index is 792. The minimum Gasteiger partial charge on any atom is -0.477 e. The van der Waals surface area contributed by atoms with E-state index in [0.29, 0.717) is 21.9 Å². The van der Waals surface area contributed by atoms with E-state index in [-0.39, 0.29) is 11.5 Å². The number of aromatic carboxylic acids is 1. The zero-order valence-electron chi connectivity index (χ0n) is 9.49. The molecule has 90 valence electrons. The molecule has 0 saturated carbocycles. The first-order valence-electron chi connectivity index (χ1n) is 5.38. The van der Waals surface area contributed by atoms with Crippen LogP contribution in [0.15, 0.2) is 24.4 Å². The molecule has 0 bridgehead atoms. The van der Waals surface area contributed by atoms with E-state index in [1.807, 2.05) is 0 Å². The number of halogens is 1. The van der Waals surface area contributed by atoms with Crippen LogP contribution in [0.2, 0.25) is 0 Å². The lowest BCUT2D eigenvalue weighted by molar-refractivity contribution is 0.0690. The van der Waals surface area contributed by atoms with Gasteiger partial charge in [0.05, 0.1) is 11.7 Å². The van der Waals surface area contributed by atoms with E-state index in [0.717, 1.165) is 5.52 Å². The van der Waals surface area contributed by atoms with E-state index >= 15 is 0 Å². The molecule has 2 aromatic heterocycles. The number of hydrogen-bond donors (Lipinski definition) is 2. The van der Waals surface area contributed by atoms with Gasteiger partial charge in [-0.3, -0.25) is 0 Å². The molecule has 0 saturated heterocycles. The van der Waals surface area contributed by atoms with Crippen molar-refractivity contribution >= 4 is 27.8 Å². The fourth-order valence-electron chi connectivity index (χ4n) is 2.25. The number of H-pyrrole nitrogens is 1. The average Bonchev–Trinajstić information content (AvgIpc) is 2.67. The van der Waals surface area contributed by atoms with Crippen LogP contribution in [0.5, 0.6) is 0 Å². The number of nitrogens with one attached hydrogen (secondary N) is 1. The van der Waals surface area contributed by atoms with Crippen molar-refractivity contribution in [2.75, 3.05) is 0 Å². The number of aromatic nitrogens is 2. The molecule has 0 radical (unpaired) electrons. The largest absolute Gasteiger partial charge is 0.477 e. The molecule has 0 fully saturated rings. The Kier molecular flexibility index (Phi) is 2.10. The van der Waals surface area contributed by atoms with Gasteiger partial charge in [-0.15, -0.1) is 0 Å². The number of benzene rings is 1. The number of pyridine rings is 1. The third-order valence-electron chi connectivity index (χ3n) is 3.05. The normalized spacial score (nSPS) is 11.2. The van der Waals surface area contributed by atoms with Crippen molar-refractivity contribution in [3.8, 4) is 0 Å². The number of rotatable bonds is 1. The molecule has 0 amide bonds. The third kappa shape index (κ3) is 1.37. The van der Waals surface area contributed by atoms with Crippen LogP contribution in [-0.2, 0) is 0 Å². The molecule has 4 nitrogen and oxygen atoms in total. The van der Waals surface area contributed by atoms with Gasteiger partial charge in [0.25, 0.3) is 0 Å². The third-order valence-corrected chi connectivity index (χ3v) is 3.05. The van der Waals surface area contributed by atoms with Gasteiger partial charge in [-0.25, -0.2) is 14.2 Å². The maximum absolute atomic E-state index is 13.3. The molecular formula is C13H9FN2O2. The smallest absolute Gasteiger partial charge is 0.354 e. The van der Waals surface area contributed by atoms with Gasteiger partial charge in [0.2, 0.25) is 0 Å². The summed E-state index contributed by atoms with van der Waals surface area (Å²) in [6.07, 6.45) is 1.46. The van der Waals surface area contributed by atoms with Crippen LogP contribution in [0, 0.1) is 12.7 Å². The summed E-state index contributed by atoms with van der Waals surface area (Å²) in [6, 6.07) is 4.38. The summed E-state index contributed by atoms with van der Waals surface area (Å²) < 4.78 is 13.3. The van der Waals surface area contributed by atoms with Crippen LogP contribution < -0.4 is 0 Å². The molecule has 3 rings (SSSR count). The Balaban J connectivity index is 2.52. The number of nitrogens with zero attached hydrogens (tertiary/aromatic N) is 1. The van der Waals surface area contributed by atoms with Crippen molar-refractivity contribution < 1.29 is 14.3 Å². The summed E-state index contributed by atoms with van der Waals surface area (Å²) in [5.74, 6) is -1.43. The summed E-state index contributed by atoms with van der Waals surface area (Å²) in [6.45, 7) is 1.68. The molecule has 5 heteroatoms. The molecule has 0 unspecified atom stereocenters. The molecule has 0 aliphatic rings. The van der Waals surface area contributed by atoms with Gasteiger partial charge in [-0.1, -0.05) is 0 Å². The monoisotopic (exact) mass is 244 g/mol. The number of aryl methyl sites for hydroxylation is 1. The maximum atomic E-state index is 13.3. The number of aromatic amines is 1. The first-order valence-corrected chi connectivity index (χ1v) is 5.38. The summed E-state index contributed by atoms with van der Waals surface area (Å²) in [4.78, 5) is 18.0. The highest BCUT2D eigenvalue weighted by Gasteiger charge is 2.15. The molecule has 0 spiro atoms. The van der Waals surface area contributed by atoms with Crippen molar-refractivity contribution in [3.63, 3.8) is 0 Å². The van der Waals surface area contributed by atoms with Gasteiger partial charge < -0.3 is 10.1 Å². The van der Waals surface area contributed by atoms with E-state index in [2.05, 4.69) is 9.97 Å². The molecule has 2 N–H and O–H groups in total. The van der Waals surface area contributed by atoms with Crippen molar-refractivity contribution in [1.29, 1.82) is 0 Å². The highest BCUT2D eigenvalue weighted by atomic mass is 19.1. The van der Waals surface area contributed by atoms with Gasteiger partial charge in [-0.2, -0.15) is 0 Å². The molecule has 0 aliphatic heterocycles. The van der Waals surface area contributed by atoms with Crippen LogP contribution in [0.4, 0.5) is 4.39 Å². The summed E-state index contributed by atoms with van der Waals surface area (Å²) in [5, 5.41) is 10.4. The Morgan fingerprint density at radius 2 is 2.17 bits per heavy atom. The highest BCUT2D eigenvalue weighted by molar-refractivity contribution is 6.10. The van der Waals surface area contributed by atoms with Crippen LogP contribution in [0.1, 0.15) is 16.1 Å². The van der Waals surface area contributed by atoms with Crippen molar-refractivity contribution in [3.05, 3.63) is 41.5 Å². The van der Waals surface area contributed by atoms with Gasteiger partial charge >= 0.3 is 5.97 Å². The molecule has 0 aliphatic carbocycles. The lowest BCUT2D eigenvalue weighted by atomic mass is 10.1. The Labute approximate surface area is 101 Å². The summed E-state index contributed by atoms with van der Waals surface area (Å²) in [5.41, 5.74) is 2.00. The summed E-state index contributed by atoms with van der Waals surface area (Å²) in [7, 11) is 0. The van der Waals surface area contributed by atoms with E-state index < -0.39 is 5.97 Å². The lowest BCUT2D eigenvalue weighted by Crippen LogP contribution is -2.03. The average molecular weight is 244 g/mol. The standard InChI is InChI=1S/C13H9FN2O2/c1-6-11-8-4-7(14)2-3-9(8)16-10(11)5-15-12(6)13(17)18/h2-5,16H,1H3,(H,17,18). The topological polar surface area (TPSA) is 66.0 Å². The van der Waals surface area contributed by atoms with Crippen LogP contribution >= 0.6 is 0 Å². The molecular weight excluding hydrogens is 235 g/mol. The number of carbonyl (C=O) groups is 1. The fourth-order valence-corrected chi connectivity index (χ4v) is 2.25. The Morgan fingerprint density at radius 3 is 2.89 bits per heavy atom. The predicted octanol–water partition coefficient (Wildman–Crippen LogP) is 2.86. The summed E-state index contributed by atoms with van der Waals surface area (Å²) >= 11 is 0. The van der Waals surface area contributed by atoms with Crippen LogP contribution in [0.25, 0.3) is 21.8 Å². The van der Waals surface area contributed by atoms with Crippen LogP contribution in [0.3, 0.4) is 0 Å². The predicted molar refractivity (Wildman–Crippen MR) is 65.3 cm³/mol. The fraction of sp³-hybridized carbons (Fsp3) is 0.0769. The molecule has 18 heavy (non-hydrogen) atoms. The van der Waals surface area contributed by atoms with Crippen molar-refractivity contribution in [2.45, 2.75) is 6.92 Å². The molecule has 1 aromatic carbocycles. The lowest BCUT2D eigenvalue weighted by Gasteiger charge is -2.01. The SMILES string of the molecule is Cc1c(C(=O)O)ncc2[nH]c3ccc(F)cc3c12. The zero-order chi connectivity index (χ0) is 12.9. The van der Waals surface area contributed by atoms with E-state index in [1.54, 1.807) is 13.0 Å². The van der Waals surface area contributed by atoms with E-state index in [4.69, 9.17) is 5.11 Å². The number of carboxylic acid groups (broad SMARTS) is 1. The molecule has 3 aromatic rings. The first kappa shape index (κ1) is 10.7. The van der Waals surface area contributed by atoms with Crippen LogP contribution in [-0.4, -0.2) is 21.0 Å². The maximum Gasteiger partial charge on any atom is 0.354 e. The van der Waals surface area contributed by atoms with Gasteiger partial charge in [0, 0.05) is 16.3 Å². The minimum atomic E-state index is -1.08. The van der Waals surface area contributed by atoms with Gasteiger partial charge in [0.1, 0.15) is 5.82 Å². The number of hydrogen-bond acceptors (Lipinski definition) is 2. The molecule has 0 atom stereocenters. The number of carboxylic acids is 1. The zero-order valence-corrected chi connectivity index (χ0v) is 9.49. The first-order chi connectivity index (χ1) is 8.58. The Hall–Kier alpha value is -2.43. The quantitative estimate of drug-likeness (QED) is 0.691. The van der Waals surface area contributed by atoms with E-state index in [1.165, 1.54) is 18.3 Å². The number of fused-ring (bicyclic) bond motifs is 3. The van der Waals surface area contributed by atoms with Gasteiger partial charge in [0.15, 0.2) is 5.69 Å². The van der Waals surface area contributed by atoms with Crippen molar-refractivity contribution in [2.24, 2.45) is 0 Å². The second-order valence-corrected chi connectivity index (χ2v) is 4.14. The second-order valence-electron chi connectivity index (χ2n) is 4.14. The minimum absolute atomic E-state index is 0.00680. The highest BCUT2D eigenvalue weighted by Crippen LogP contribution is 2.29. The second kappa shape index (κ2) is 3.53.